The molecule has 88 valence electrons. The minimum Gasteiger partial charge on any atom is -0.550 e. The molecule has 0 amide bonds. The van der Waals surface area contributed by atoms with E-state index in [1.54, 1.807) is 0 Å². The Morgan fingerprint density at radius 3 is 2.20 bits per heavy atom. The Morgan fingerprint density at radius 2 is 1.87 bits per heavy atom. The minimum absolute atomic E-state index is 0.0938. The minimum atomic E-state index is -1.14. The standard InChI is InChI=1S/C8H12O4.C2H7N/c1-6(2)8(11)12-5-3-4-7(9)10;1-3-2/h1,3-5H2,2H3,(H,9,10);3H,1-2H3. The Bertz CT molecular complexity index is 213. The van der Waals surface area contributed by atoms with Crippen molar-refractivity contribution in [1.29, 1.82) is 0 Å². The van der Waals surface area contributed by atoms with Crippen molar-refractivity contribution in [2.24, 2.45) is 0 Å². The lowest BCUT2D eigenvalue weighted by Crippen LogP contribution is -2.74. The average Bonchev–Trinajstić information content (AvgIpc) is 2.12. The normalized spacial score (nSPS) is 8.47. The molecule has 0 aromatic rings. The van der Waals surface area contributed by atoms with Gasteiger partial charge in [-0.15, -0.1) is 0 Å². The molecular weight excluding hydrogens is 198 g/mol. The zero-order valence-corrected chi connectivity index (χ0v) is 9.54. The number of nitrogens with two attached hydrogens (primary N) is 1. The van der Waals surface area contributed by atoms with Crippen LogP contribution in [0, 0.1) is 0 Å². The maximum Gasteiger partial charge on any atom is 0.333 e. The number of rotatable bonds is 5. The third-order valence-electron chi connectivity index (χ3n) is 1.11. The summed E-state index contributed by atoms with van der Waals surface area (Å²) < 4.78 is 4.62. The second kappa shape index (κ2) is 10.7. The van der Waals surface area contributed by atoms with E-state index in [4.69, 9.17) is 0 Å². The molecule has 0 atom stereocenters. The molecule has 0 rings (SSSR count). The van der Waals surface area contributed by atoms with Crippen molar-refractivity contribution in [3.63, 3.8) is 0 Å². The van der Waals surface area contributed by atoms with Crippen LogP contribution in [0.5, 0.6) is 0 Å². The van der Waals surface area contributed by atoms with Gasteiger partial charge in [0, 0.05) is 11.5 Å². The van der Waals surface area contributed by atoms with Crippen LogP contribution < -0.4 is 10.4 Å². The van der Waals surface area contributed by atoms with Gasteiger partial charge >= 0.3 is 5.97 Å². The van der Waals surface area contributed by atoms with Crippen molar-refractivity contribution in [3.8, 4) is 0 Å². The van der Waals surface area contributed by atoms with E-state index < -0.39 is 11.9 Å². The van der Waals surface area contributed by atoms with E-state index in [2.05, 4.69) is 11.3 Å². The summed E-state index contributed by atoms with van der Waals surface area (Å²) in [5.74, 6) is -1.63. The van der Waals surface area contributed by atoms with E-state index >= 15 is 0 Å². The number of ether oxygens (including phenoxy) is 1. The summed E-state index contributed by atoms with van der Waals surface area (Å²) in [5, 5.41) is 11.9. The zero-order valence-electron chi connectivity index (χ0n) is 9.54. The van der Waals surface area contributed by atoms with Crippen LogP contribution in [-0.2, 0) is 14.3 Å². The van der Waals surface area contributed by atoms with Crippen LogP contribution in [0.4, 0.5) is 0 Å². The number of carbonyl (C=O) groups is 2. The zero-order chi connectivity index (χ0) is 12.3. The summed E-state index contributed by atoms with van der Waals surface area (Å²) in [7, 11) is 4.00. The molecule has 0 aliphatic carbocycles. The molecule has 0 aromatic carbocycles. The van der Waals surface area contributed by atoms with Gasteiger partial charge in [0.15, 0.2) is 0 Å². The molecule has 5 nitrogen and oxygen atoms in total. The molecule has 2 N–H and O–H groups in total. The third-order valence-corrected chi connectivity index (χ3v) is 1.11. The molecule has 0 aliphatic heterocycles. The lowest BCUT2D eigenvalue weighted by atomic mass is 10.3. The largest absolute Gasteiger partial charge is 0.550 e. The van der Waals surface area contributed by atoms with Gasteiger partial charge in [0.25, 0.3) is 0 Å². The Balaban J connectivity index is 0. The molecule has 0 fully saturated rings. The van der Waals surface area contributed by atoms with Gasteiger partial charge in [-0.1, -0.05) is 6.58 Å². The highest BCUT2D eigenvalue weighted by molar-refractivity contribution is 5.86. The number of hydrogen-bond acceptors (Lipinski definition) is 4. The van der Waals surface area contributed by atoms with E-state index in [1.807, 2.05) is 19.4 Å². The topological polar surface area (TPSA) is 83.0 Å². The fraction of sp³-hybridized carbons (Fsp3) is 0.600. The van der Waals surface area contributed by atoms with Crippen LogP contribution in [0.1, 0.15) is 19.8 Å². The van der Waals surface area contributed by atoms with Gasteiger partial charge in [0.1, 0.15) is 0 Å². The van der Waals surface area contributed by atoms with Gasteiger partial charge in [-0.2, -0.15) is 0 Å². The highest BCUT2D eigenvalue weighted by Gasteiger charge is 2.01. The van der Waals surface area contributed by atoms with Crippen molar-refractivity contribution in [2.45, 2.75) is 19.8 Å². The SMILES string of the molecule is C=C(C)C(=O)OCCCC(=O)[O-].C[NH2+]C. The van der Waals surface area contributed by atoms with Crippen molar-refractivity contribution in [3.05, 3.63) is 12.2 Å². The van der Waals surface area contributed by atoms with E-state index in [9.17, 15) is 14.7 Å². The highest BCUT2D eigenvalue weighted by Crippen LogP contribution is 1.94. The first kappa shape index (κ1) is 16.1. The average molecular weight is 217 g/mol. The van der Waals surface area contributed by atoms with Gasteiger partial charge in [-0.3, -0.25) is 0 Å². The van der Waals surface area contributed by atoms with Crippen LogP contribution in [0.25, 0.3) is 0 Å². The van der Waals surface area contributed by atoms with E-state index in [0.29, 0.717) is 5.57 Å². The van der Waals surface area contributed by atoms with Crippen molar-refractivity contribution in [1.82, 2.24) is 0 Å². The molecule has 0 spiro atoms. The first-order chi connectivity index (χ1) is 6.95. The molecule has 0 saturated carbocycles. The van der Waals surface area contributed by atoms with Crippen molar-refractivity contribution >= 4 is 11.9 Å². The lowest BCUT2D eigenvalue weighted by Gasteiger charge is -2.03. The maximum atomic E-state index is 10.7. The fourth-order valence-electron chi connectivity index (χ4n) is 0.505. The van der Waals surface area contributed by atoms with Crippen molar-refractivity contribution in [2.75, 3.05) is 20.7 Å². The molecule has 0 saturated heterocycles. The van der Waals surface area contributed by atoms with Crippen molar-refractivity contribution < 1.29 is 24.7 Å². The Labute approximate surface area is 90.1 Å². The molecule has 15 heavy (non-hydrogen) atoms. The Hall–Kier alpha value is -1.36. The number of esters is 1. The summed E-state index contributed by atoms with van der Waals surface area (Å²) >= 11 is 0. The first-order valence-corrected chi connectivity index (χ1v) is 4.72. The van der Waals surface area contributed by atoms with Crippen LogP contribution in [0.2, 0.25) is 0 Å². The Morgan fingerprint density at radius 1 is 1.40 bits per heavy atom. The number of aliphatic carboxylic acids is 1. The lowest BCUT2D eigenvalue weighted by molar-refractivity contribution is -0.597. The van der Waals surface area contributed by atoms with Crippen LogP contribution in [0.3, 0.4) is 0 Å². The summed E-state index contributed by atoms with van der Waals surface area (Å²) in [6, 6.07) is 0. The van der Waals surface area contributed by atoms with Crippen LogP contribution >= 0.6 is 0 Å². The smallest absolute Gasteiger partial charge is 0.333 e. The second-order valence-electron chi connectivity index (χ2n) is 2.97. The molecule has 5 heteroatoms. The molecule has 0 unspecified atom stereocenters. The molecular formula is C10H19NO4. The summed E-state index contributed by atoms with van der Waals surface area (Å²) in [6.45, 7) is 4.99. The third kappa shape index (κ3) is 15.4. The predicted molar refractivity (Wildman–Crippen MR) is 53.8 cm³/mol. The highest BCUT2D eigenvalue weighted by atomic mass is 16.5. The van der Waals surface area contributed by atoms with Gasteiger partial charge < -0.3 is 20.0 Å². The predicted octanol–water partition coefficient (Wildman–Crippen LogP) is -1.55. The molecule has 0 bridgehead atoms. The fourth-order valence-corrected chi connectivity index (χ4v) is 0.505. The quantitative estimate of drug-likeness (QED) is 0.343. The molecule has 0 heterocycles. The van der Waals surface area contributed by atoms with E-state index in [1.165, 1.54) is 6.92 Å². The molecule has 0 radical (unpaired) electrons. The number of carbonyl (C=O) groups excluding carboxylic acids is 2. The number of carboxylic acids is 1. The van der Waals surface area contributed by atoms with Gasteiger partial charge in [-0.05, 0) is 19.8 Å². The summed E-state index contributed by atoms with van der Waals surface area (Å²) in [6.07, 6.45) is 0.185. The molecule has 0 aromatic heterocycles. The van der Waals surface area contributed by atoms with Gasteiger partial charge in [0.2, 0.25) is 0 Å². The van der Waals surface area contributed by atoms with Crippen LogP contribution in [0.15, 0.2) is 12.2 Å². The number of quaternary nitrogens is 1. The second-order valence-corrected chi connectivity index (χ2v) is 2.97. The number of carboxylic acid groups (broad SMARTS) is 1. The first-order valence-electron chi connectivity index (χ1n) is 4.72. The van der Waals surface area contributed by atoms with Gasteiger partial charge in [-0.25, -0.2) is 4.79 Å². The summed E-state index contributed by atoms with van der Waals surface area (Å²) in [5.41, 5.74) is 0.309. The maximum absolute atomic E-state index is 10.7. The summed E-state index contributed by atoms with van der Waals surface area (Å²) in [4.78, 5) is 20.6. The van der Waals surface area contributed by atoms with E-state index in [0.717, 1.165) is 0 Å². The van der Waals surface area contributed by atoms with E-state index in [-0.39, 0.29) is 19.4 Å². The van der Waals surface area contributed by atoms with Gasteiger partial charge in [0.05, 0.1) is 20.7 Å². The monoisotopic (exact) mass is 217 g/mol. The molecule has 0 aliphatic rings. The number of hydrogen-bond donors (Lipinski definition) is 1. The van der Waals surface area contributed by atoms with Crippen LogP contribution in [-0.4, -0.2) is 32.6 Å². The Kier molecular flexibility index (Phi) is 11.5.